The molecule has 0 unspecified atom stereocenters. The third kappa shape index (κ3) is 7.07. The number of piperazine rings is 1. The number of halogens is 3. The smallest absolute Gasteiger partial charge is 0.406 e. The molecule has 0 aliphatic carbocycles. The van der Waals surface area contributed by atoms with Crippen molar-refractivity contribution in [3.63, 3.8) is 0 Å². The quantitative estimate of drug-likeness (QED) is 0.691. The molecular weight excluding hydrogens is 437 g/mol. The maximum Gasteiger partial charge on any atom is 0.573 e. The van der Waals surface area contributed by atoms with Crippen molar-refractivity contribution in [3.8, 4) is 5.75 Å². The number of nitrogens with one attached hydrogen (secondary N) is 1. The topological polar surface area (TPSA) is 65.1 Å². The number of benzene rings is 1. The lowest BCUT2D eigenvalue weighted by Gasteiger charge is -2.44. The second kappa shape index (κ2) is 10.7. The molecule has 0 spiro atoms. The van der Waals surface area contributed by atoms with E-state index in [4.69, 9.17) is 0 Å². The first-order valence-corrected chi connectivity index (χ1v) is 11.5. The zero-order valence-electron chi connectivity index (χ0n) is 19.4. The van der Waals surface area contributed by atoms with Gasteiger partial charge in [0.1, 0.15) is 5.75 Å². The lowest BCUT2D eigenvalue weighted by molar-refractivity contribution is -0.274. The fourth-order valence-corrected chi connectivity index (χ4v) is 4.68. The molecule has 3 atom stereocenters. The van der Waals surface area contributed by atoms with Crippen LogP contribution in [-0.4, -0.2) is 83.7 Å². The number of piperidine rings is 1. The molecule has 3 rings (SSSR count). The highest BCUT2D eigenvalue weighted by atomic mass is 19.4. The predicted molar refractivity (Wildman–Crippen MR) is 119 cm³/mol. The molecule has 1 aromatic rings. The molecule has 0 aromatic heterocycles. The van der Waals surface area contributed by atoms with Crippen LogP contribution < -0.4 is 10.1 Å². The van der Waals surface area contributed by atoms with Gasteiger partial charge in [-0.15, -0.1) is 13.2 Å². The number of amides is 2. The molecule has 33 heavy (non-hydrogen) atoms. The summed E-state index contributed by atoms with van der Waals surface area (Å²) in [6.45, 7) is 9.09. The molecule has 0 bridgehead atoms. The standard InChI is InChI=1S/C23H33F3N4O3/c1-16-5-4-6-17(2)30(16)22(32)18(3)29-13-11-28(12-14-29)15-21(31)27-19-7-9-20(10-8-19)33-23(24,25)26/h7-10,16-18H,4-6,11-15H2,1-3H3,(H,27,31)/t16-,17-,18-/m1/s1. The van der Waals surface area contributed by atoms with E-state index >= 15 is 0 Å². The molecule has 1 N–H and O–H groups in total. The highest BCUT2D eigenvalue weighted by Gasteiger charge is 2.35. The van der Waals surface area contributed by atoms with Gasteiger partial charge in [-0.3, -0.25) is 19.4 Å². The Kier molecular flexibility index (Phi) is 8.23. The van der Waals surface area contributed by atoms with Gasteiger partial charge in [0.2, 0.25) is 11.8 Å². The van der Waals surface area contributed by atoms with Crippen LogP contribution in [0, 0.1) is 0 Å². The Morgan fingerprint density at radius 3 is 2.18 bits per heavy atom. The summed E-state index contributed by atoms with van der Waals surface area (Å²) in [5.41, 5.74) is 0.400. The molecule has 2 aliphatic heterocycles. The summed E-state index contributed by atoms with van der Waals surface area (Å²) < 4.78 is 40.6. The number of rotatable bonds is 6. The van der Waals surface area contributed by atoms with Crippen LogP contribution in [0.25, 0.3) is 0 Å². The van der Waals surface area contributed by atoms with Gasteiger partial charge in [0.05, 0.1) is 12.6 Å². The summed E-state index contributed by atoms with van der Waals surface area (Å²) >= 11 is 0. The van der Waals surface area contributed by atoms with E-state index in [1.54, 1.807) is 0 Å². The van der Waals surface area contributed by atoms with Crippen LogP contribution in [0.3, 0.4) is 0 Å². The van der Waals surface area contributed by atoms with Crippen LogP contribution in [-0.2, 0) is 9.59 Å². The number of hydrogen-bond acceptors (Lipinski definition) is 5. The molecule has 2 aliphatic rings. The third-order valence-corrected chi connectivity index (χ3v) is 6.50. The van der Waals surface area contributed by atoms with E-state index in [1.807, 2.05) is 16.7 Å². The first-order valence-electron chi connectivity index (χ1n) is 11.5. The summed E-state index contributed by atoms with van der Waals surface area (Å²) in [5, 5.41) is 2.69. The summed E-state index contributed by atoms with van der Waals surface area (Å²) in [5.74, 6) is -0.402. The number of carbonyl (C=O) groups is 2. The number of hydrogen-bond donors (Lipinski definition) is 1. The van der Waals surface area contributed by atoms with Gasteiger partial charge >= 0.3 is 6.36 Å². The third-order valence-electron chi connectivity index (χ3n) is 6.50. The van der Waals surface area contributed by atoms with Crippen molar-refractivity contribution in [1.29, 1.82) is 0 Å². The van der Waals surface area contributed by atoms with Gasteiger partial charge in [0, 0.05) is 44.0 Å². The lowest BCUT2D eigenvalue weighted by atomic mass is 9.96. The Hall–Kier alpha value is -2.33. The number of ether oxygens (including phenoxy) is 1. The van der Waals surface area contributed by atoms with Crippen molar-refractivity contribution in [1.82, 2.24) is 14.7 Å². The van der Waals surface area contributed by atoms with Crippen molar-refractivity contribution in [2.45, 2.75) is 64.5 Å². The fourth-order valence-electron chi connectivity index (χ4n) is 4.68. The van der Waals surface area contributed by atoms with Crippen LogP contribution in [0.4, 0.5) is 18.9 Å². The van der Waals surface area contributed by atoms with Crippen LogP contribution in [0.2, 0.25) is 0 Å². The fraction of sp³-hybridized carbons (Fsp3) is 0.652. The molecule has 2 amide bonds. The number of alkyl halides is 3. The van der Waals surface area contributed by atoms with Gasteiger partial charge in [-0.2, -0.15) is 0 Å². The lowest BCUT2D eigenvalue weighted by Crippen LogP contribution is -2.58. The summed E-state index contributed by atoms with van der Waals surface area (Å²) in [6.07, 6.45) is -1.50. The minimum atomic E-state index is -4.75. The number of carbonyl (C=O) groups excluding carboxylic acids is 2. The van der Waals surface area contributed by atoms with Gasteiger partial charge in [-0.25, -0.2) is 0 Å². The summed E-state index contributed by atoms with van der Waals surface area (Å²) in [7, 11) is 0. The van der Waals surface area contributed by atoms with Crippen LogP contribution in [0.1, 0.15) is 40.0 Å². The van der Waals surface area contributed by atoms with Gasteiger partial charge in [-0.1, -0.05) is 0 Å². The number of anilines is 1. The molecule has 184 valence electrons. The van der Waals surface area contributed by atoms with Crippen LogP contribution in [0.15, 0.2) is 24.3 Å². The van der Waals surface area contributed by atoms with Crippen molar-refractivity contribution < 1.29 is 27.5 Å². The van der Waals surface area contributed by atoms with E-state index in [2.05, 4.69) is 28.8 Å². The van der Waals surface area contributed by atoms with Crippen molar-refractivity contribution >= 4 is 17.5 Å². The molecule has 2 saturated heterocycles. The zero-order valence-corrected chi connectivity index (χ0v) is 19.4. The maximum absolute atomic E-state index is 13.1. The average Bonchev–Trinajstić information content (AvgIpc) is 2.74. The van der Waals surface area contributed by atoms with Gasteiger partial charge in [-0.05, 0) is 64.3 Å². The molecule has 2 fully saturated rings. The van der Waals surface area contributed by atoms with Crippen molar-refractivity contribution in [2.24, 2.45) is 0 Å². The van der Waals surface area contributed by atoms with Crippen molar-refractivity contribution in [2.75, 3.05) is 38.0 Å². The Bertz CT molecular complexity index is 800. The first-order chi connectivity index (χ1) is 15.5. The minimum Gasteiger partial charge on any atom is -0.406 e. The van der Waals surface area contributed by atoms with Crippen molar-refractivity contribution in [3.05, 3.63) is 24.3 Å². The Morgan fingerprint density at radius 1 is 1.06 bits per heavy atom. The van der Waals surface area contributed by atoms with Gasteiger partial charge in [0.15, 0.2) is 0 Å². The van der Waals surface area contributed by atoms with Crippen LogP contribution in [0.5, 0.6) is 5.75 Å². The Balaban J connectivity index is 1.44. The molecule has 0 saturated carbocycles. The van der Waals surface area contributed by atoms with E-state index in [0.717, 1.165) is 31.4 Å². The number of nitrogens with zero attached hydrogens (tertiary/aromatic N) is 3. The molecular formula is C23H33F3N4O3. The minimum absolute atomic E-state index is 0.178. The van der Waals surface area contributed by atoms with Gasteiger partial charge < -0.3 is 15.0 Å². The average molecular weight is 471 g/mol. The van der Waals surface area contributed by atoms with E-state index in [0.29, 0.717) is 31.9 Å². The maximum atomic E-state index is 13.1. The predicted octanol–water partition coefficient (Wildman–Crippen LogP) is 3.32. The van der Waals surface area contributed by atoms with E-state index in [-0.39, 0.29) is 42.2 Å². The molecule has 0 radical (unpaired) electrons. The number of likely N-dealkylation sites (tertiary alicyclic amines) is 1. The highest BCUT2D eigenvalue weighted by molar-refractivity contribution is 5.92. The molecule has 7 nitrogen and oxygen atoms in total. The molecule has 1 aromatic carbocycles. The Labute approximate surface area is 192 Å². The SMILES string of the molecule is C[C@H](C(=O)N1[C@H](C)CCC[C@H]1C)N1CCN(CC(=O)Nc2ccc(OC(F)(F)F)cc2)CC1. The van der Waals surface area contributed by atoms with E-state index < -0.39 is 6.36 Å². The largest absolute Gasteiger partial charge is 0.573 e. The second-order valence-electron chi connectivity index (χ2n) is 8.98. The Morgan fingerprint density at radius 2 is 1.64 bits per heavy atom. The zero-order chi connectivity index (χ0) is 24.2. The second-order valence-corrected chi connectivity index (χ2v) is 8.98. The molecule has 2 heterocycles. The highest BCUT2D eigenvalue weighted by Crippen LogP contribution is 2.25. The normalized spacial score (nSPS) is 23.8. The molecule has 10 heteroatoms. The van der Waals surface area contributed by atoms with E-state index in [1.165, 1.54) is 12.1 Å². The first kappa shape index (κ1) is 25.3. The van der Waals surface area contributed by atoms with Gasteiger partial charge in [0.25, 0.3) is 0 Å². The summed E-state index contributed by atoms with van der Waals surface area (Å²) in [6, 6.07) is 5.39. The van der Waals surface area contributed by atoms with Crippen LogP contribution >= 0.6 is 0 Å². The monoisotopic (exact) mass is 470 g/mol. The van der Waals surface area contributed by atoms with E-state index in [9.17, 15) is 22.8 Å². The summed E-state index contributed by atoms with van der Waals surface area (Å²) in [4.78, 5) is 31.7.